The Bertz CT molecular complexity index is 1190. The van der Waals surface area contributed by atoms with Crippen LogP contribution in [-0.2, 0) is 9.84 Å². The van der Waals surface area contributed by atoms with Crippen LogP contribution in [0.15, 0.2) is 77.7 Å². The zero-order valence-electron chi connectivity index (χ0n) is 17.4. The van der Waals surface area contributed by atoms with Gasteiger partial charge >= 0.3 is 0 Å². The summed E-state index contributed by atoms with van der Waals surface area (Å²) < 4.78 is 37.7. The van der Waals surface area contributed by atoms with Crippen molar-refractivity contribution in [3.63, 3.8) is 0 Å². The Hall–Kier alpha value is -3.12. The highest BCUT2D eigenvalue weighted by molar-refractivity contribution is 7.92. The zero-order valence-corrected chi connectivity index (χ0v) is 18.3. The first kappa shape index (κ1) is 21.1. The lowest BCUT2D eigenvalue weighted by Crippen LogP contribution is -2.30. The molecule has 6 heteroatoms. The number of carbonyl (C=O) groups is 1. The summed E-state index contributed by atoms with van der Waals surface area (Å²) in [6.07, 6.45) is 0.754. The van der Waals surface area contributed by atoms with E-state index in [9.17, 15) is 13.2 Å². The molecule has 2 atom stereocenters. The Morgan fingerprint density at radius 3 is 2.00 bits per heavy atom. The smallest absolute Gasteiger partial charge is 0.188 e. The molecule has 5 nitrogen and oxygen atoms in total. The van der Waals surface area contributed by atoms with E-state index in [0.717, 1.165) is 11.1 Å². The molecule has 0 spiro atoms. The van der Waals surface area contributed by atoms with Crippen LogP contribution in [0.5, 0.6) is 11.5 Å². The minimum atomic E-state index is -3.84. The van der Waals surface area contributed by atoms with Gasteiger partial charge in [-0.25, -0.2) is 8.42 Å². The van der Waals surface area contributed by atoms with Crippen molar-refractivity contribution in [2.45, 2.75) is 28.9 Å². The van der Waals surface area contributed by atoms with Gasteiger partial charge in [0.2, 0.25) is 0 Å². The molecule has 3 aromatic carbocycles. The Labute approximate surface area is 182 Å². The minimum Gasteiger partial charge on any atom is -0.493 e. The minimum absolute atomic E-state index is 0.129. The fourth-order valence-electron chi connectivity index (χ4n) is 4.28. The third-order valence-corrected chi connectivity index (χ3v) is 7.98. The first-order valence-corrected chi connectivity index (χ1v) is 11.7. The Balaban J connectivity index is 1.90. The lowest BCUT2D eigenvalue weighted by Gasteiger charge is -2.20. The molecule has 0 N–H and O–H groups in total. The van der Waals surface area contributed by atoms with Gasteiger partial charge in [-0.3, -0.25) is 4.79 Å². The summed E-state index contributed by atoms with van der Waals surface area (Å²) >= 11 is 0. The van der Waals surface area contributed by atoms with Gasteiger partial charge in [0.15, 0.2) is 27.1 Å². The van der Waals surface area contributed by atoms with E-state index >= 15 is 0 Å². The fourth-order valence-corrected chi connectivity index (χ4v) is 6.00. The molecule has 31 heavy (non-hydrogen) atoms. The molecular formula is C25H24O5S. The number of sulfone groups is 1. The van der Waals surface area contributed by atoms with Crippen molar-refractivity contribution in [3.05, 3.63) is 89.5 Å². The molecule has 0 radical (unpaired) electrons. The summed E-state index contributed by atoms with van der Waals surface area (Å²) in [5, 5.41) is -1.15. The molecule has 0 aromatic heterocycles. The summed E-state index contributed by atoms with van der Waals surface area (Å²) in [6.45, 7) is 0. The van der Waals surface area contributed by atoms with Gasteiger partial charge in [0.1, 0.15) is 5.25 Å². The zero-order chi connectivity index (χ0) is 22.0. The molecule has 0 unspecified atom stereocenters. The van der Waals surface area contributed by atoms with E-state index in [0.29, 0.717) is 23.5 Å². The molecule has 0 bridgehead atoms. The number of hydrogen-bond acceptors (Lipinski definition) is 5. The molecule has 0 saturated heterocycles. The monoisotopic (exact) mass is 436 g/mol. The van der Waals surface area contributed by atoms with Crippen LogP contribution in [0, 0.1) is 0 Å². The van der Waals surface area contributed by atoms with Crippen LogP contribution < -0.4 is 9.47 Å². The summed E-state index contributed by atoms with van der Waals surface area (Å²) in [6, 6.07) is 21.4. The molecule has 3 aromatic rings. The van der Waals surface area contributed by atoms with Crippen LogP contribution in [-0.4, -0.2) is 33.7 Å². The van der Waals surface area contributed by atoms with Crippen molar-refractivity contribution >= 4 is 15.6 Å². The van der Waals surface area contributed by atoms with Crippen molar-refractivity contribution < 1.29 is 22.7 Å². The second-order valence-corrected chi connectivity index (χ2v) is 9.68. The molecule has 4 rings (SSSR count). The highest BCUT2D eigenvalue weighted by atomic mass is 32.2. The number of ketones is 1. The van der Waals surface area contributed by atoms with Crippen molar-refractivity contribution in [2.75, 3.05) is 14.2 Å². The van der Waals surface area contributed by atoms with Crippen LogP contribution in [0.4, 0.5) is 0 Å². The van der Waals surface area contributed by atoms with Crippen LogP contribution in [0.3, 0.4) is 0 Å². The van der Waals surface area contributed by atoms with E-state index in [2.05, 4.69) is 0 Å². The lowest BCUT2D eigenvalue weighted by molar-refractivity contribution is 0.0985. The summed E-state index contributed by atoms with van der Waals surface area (Å²) in [5.41, 5.74) is 2.16. The van der Waals surface area contributed by atoms with Gasteiger partial charge in [-0.15, -0.1) is 0 Å². The average molecular weight is 437 g/mol. The van der Waals surface area contributed by atoms with Crippen molar-refractivity contribution in [2.24, 2.45) is 0 Å². The number of fused-ring (bicyclic) bond motifs is 1. The van der Waals surface area contributed by atoms with Gasteiger partial charge in [0.05, 0.1) is 19.1 Å². The van der Waals surface area contributed by atoms with Crippen molar-refractivity contribution in [1.82, 2.24) is 0 Å². The standard InChI is InChI=1S/C25H24O5S/c1-29-22-15-20-19(17-9-5-3-6-10-17)13-14-24(25(26)21(20)16-23(22)30-2)31(27,28)18-11-7-4-8-12-18/h3-12,15-16,19,24H,13-14H2,1-2H3/t19-,24-/m0/s1. The van der Waals surface area contributed by atoms with E-state index in [1.54, 1.807) is 37.4 Å². The molecule has 0 saturated carbocycles. The molecule has 1 aliphatic carbocycles. The summed E-state index contributed by atoms with van der Waals surface area (Å²) in [7, 11) is -0.797. The summed E-state index contributed by atoms with van der Waals surface area (Å²) in [4.78, 5) is 13.8. The quantitative estimate of drug-likeness (QED) is 0.545. The second kappa shape index (κ2) is 8.55. The third kappa shape index (κ3) is 3.83. The SMILES string of the molecule is COc1cc2c(cc1OC)[C@H](c1ccccc1)CC[C@H](S(=O)(=O)c1ccccc1)C2=O. The molecule has 0 heterocycles. The fraction of sp³-hybridized carbons (Fsp3) is 0.240. The van der Waals surface area contributed by atoms with Gasteiger partial charge in [-0.1, -0.05) is 48.5 Å². The van der Waals surface area contributed by atoms with E-state index in [-0.39, 0.29) is 17.2 Å². The number of rotatable bonds is 5. The first-order valence-electron chi connectivity index (χ1n) is 10.1. The van der Waals surface area contributed by atoms with Gasteiger partial charge in [-0.05, 0) is 48.2 Å². The number of methoxy groups -OCH3 is 2. The maximum atomic E-state index is 13.6. The topological polar surface area (TPSA) is 69.7 Å². The van der Waals surface area contributed by atoms with E-state index < -0.39 is 20.9 Å². The number of hydrogen-bond donors (Lipinski definition) is 0. The molecule has 160 valence electrons. The Morgan fingerprint density at radius 1 is 0.806 bits per heavy atom. The van der Waals surface area contributed by atoms with Gasteiger partial charge in [0.25, 0.3) is 0 Å². The van der Waals surface area contributed by atoms with Crippen molar-refractivity contribution in [3.8, 4) is 11.5 Å². The van der Waals surface area contributed by atoms with Crippen LogP contribution >= 0.6 is 0 Å². The maximum absolute atomic E-state index is 13.6. The molecule has 0 fully saturated rings. The predicted molar refractivity (Wildman–Crippen MR) is 119 cm³/mol. The number of ether oxygens (including phenoxy) is 2. The Morgan fingerprint density at radius 2 is 1.39 bits per heavy atom. The molecule has 1 aliphatic rings. The molecule has 0 amide bonds. The van der Waals surface area contributed by atoms with E-state index in [1.807, 2.05) is 30.3 Å². The molecule has 0 aliphatic heterocycles. The van der Waals surface area contributed by atoms with Crippen molar-refractivity contribution in [1.29, 1.82) is 0 Å². The highest BCUT2D eigenvalue weighted by Gasteiger charge is 2.40. The van der Waals surface area contributed by atoms with Gasteiger partial charge in [-0.2, -0.15) is 0 Å². The Kier molecular flexibility index (Phi) is 5.83. The number of carbonyl (C=O) groups excluding carboxylic acids is 1. The highest BCUT2D eigenvalue weighted by Crippen LogP contribution is 2.42. The van der Waals surface area contributed by atoms with Crippen LogP contribution in [0.25, 0.3) is 0 Å². The average Bonchev–Trinajstić information content (AvgIpc) is 2.95. The largest absolute Gasteiger partial charge is 0.493 e. The number of Topliss-reactive ketones (excluding diaryl/α,β-unsaturated/α-hetero) is 1. The molecular weight excluding hydrogens is 412 g/mol. The lowest BCUT2D eigenvalue weighted by atomic mass is 9.86. The van der Waals surface area contributed by atoms with Crippen LogP contribution in [0.2, 0.25) is 0 Å². The summed E-state index contributed by atoms with van der Waals surface area (Å²) in [5.74, 6) is 0.382. The van der Waals surface area contributed by atoms with E-state index in [4.69, 9.17) is 9.47 Å². The maximum Gasteiger partial charge on any atom is 0.188 e. The predicted octanol–water partition coefficient (Wildman–Crippen LogP) is 4.65. The van der Waals surface area contributed by atoms with Crippen LogP contribution in [0.1, 0.15) is 40.2 Å². The third-order valence-electron chi connectivity index (χ3n) is 5.85. The van der Waals surface area contributed by atoms with Gasteiger partial charge in [0, 0.05) is 11.5 Å². The van der Waals surface area contributed by atoms with Gasteiger partial charge < -0.3 is 9.47 Å². The van der Waals surface area contributed by atoms with E-state index in [1.165, 1.54) is 19.2 Å². The first-order chi connectivity index (χ1) is 15.0. The second-order valence-electron chi connectivity index (χ2n) is 7.55. The normalized spacial score (nSPS) is 18.7. The number of benzene rings is 3.